The number of hydrogen-bond donors (Lipinski definition) is 1. The first kappa shape index (κ1) is 20.4. The third kappa shape index (κ3) is 7.19. The Morgan fingerprint density at radius 3 is 2.36 bits per heavy atom. The molecule has 1 amide bonds. The first-order chi connectivity index (χ1) is 11.9. The molecule has 0 radical (unpaired) electrons. The van der Waals surface area contributed by atoms with Crippen LogP contribution >= 0.6 is 0 Å². The Kier molecular flexibility index (Phi) is 8.38. The van der Waals surface area contributed by atoms with Crippen molar-refractivity contribution in [3.63, 3.8) is 0 Å². The van der Waals surface area contributed by atoms with Gasteiger partial charge in [-0.25, -0.2) is 14.0 Å². The molecule has 1 aromatic rings. The predicted octanol–water partition coefficient (Wildman–Crippen LogP) is 1.45. The van der Waals surface area contributed by atoms with E-state index in [1.54, 1.807) is 6.92 Å². The maximum atomic E-state index is 12.7. The van der Waals surface area contributed by atoms with Crippen molar-refractivity contribution in [1.82, 2.24) is 5.32 Å². The second-order valence-electron chi connectivity index (χ2n) is 5.36. The fraction of sp³-hybridized carbons (Fsp3) is 0.471. The van der Waals surface area contributed by atoms with Gasteiger partial charge in [-0.1, -0.05) is 20.3 Å². The van der Waals surface area contributed by atoms with E-state index in [9.17, 15) is 18.8 Å². The summed E-state index contributed by atoms with van der Waals surface area (Å²) in [6.07, 6.45) is 0.658. The van der Waals surface area contributed by atoms with Crippen LogP contribution in [0.3, 0.4) is 0 Å². The lowest BCUT2D eigenvalue weighted by atomic mass is 9.99. The fourth-order valence-electron chi connectivity index (χ4n) is 1.87. The Labute approximate surface area is 145 Å². The Balaban J connectivity index is 2.39. The molecule has 0 fully saturated rings. The van der Waals surface area contributed by atoms with Crippen molar-refractivity contribution in [3.05, 3.63) is 30.1 Å². The van der Waals surface area contributed by atoms with Gasteiger partial charge in [-0.05, 0) is 30.2 Å². The molecule has 0 aliphatic rings. The van der Waals surface area contributed by atoms with Crippen LogP contribution < -0.4 is 10.1 Å². The number of ether oxygens (including phenoxy) is 3. The van der Waals surface area contributed by atoms with Crippen molar-refractivity contribution in [3.8, 4) is 5.75 Å². The standard InChI is InChI=1S/C17H22FNO6/c1-4-11(2)16(17(22)23-3)19-14(20)9-25-15(21)10-24-13-7-5-12(18)6-8-13/h5-8,11,16H,4,9-10H2,1-3H3,(H,19,20)/t11-,16+/m1/s1. The monoisotopic (exact) mass is 355 g/mol. The molecular weight excluding hydrogens is 333 g/mol. The van der Waals surface area contributed by atoms with Crippen LogP contribution in [0.15, 0.2) is 24.3 Å². The van der Waals surface area contributed by atoms with E-state index < -0.39 is 42.9 Å². The van der Waals surface area contributed by atoms with E-state index in [0.29, 0.717) is 12.2 Å². The zero-order chi connectivity index (χ0) is 18.8. The molecule has 1 rings (SSSR count). The Bertz CT molecular complexity index is 589. The van der Waals surface area contributed by atoms with Gasteiger partial charge in [0.2, 0.25) is 0 Å². The smallest absolute Gasteiger partial charge is 0.344 e. The maximum absolute atomic E-state index is 12.7. The summed E-state index contributed by atoms with van der Waals surface area (Å²) >= 11 is 0. The molecule has 7 nitrogen and oxygen atoms in total. The summed E-state index contributed by atoms with van der Waals surface area (Å²) in [5.74, 6) is -2.20. The molecule has 0 spiro atoms. The number of carbonyl (C=O) groups excluding carboxylic acids is 3. The number of halogens is 1. The fourth-order valence-corrected chi connectivity index (χ4v) is 1.87. The molecule has 0 aromatic heterocycles. The van der Waals surface area contributed by atoms with Crippen LogP contribution in [0.1, 0.15) is 20.3 Å². The topological polar surface area (TPSA) is 90.9 Å². The Hall–Kier alpha value is -2.64. The molecule has 0 saturated carbocycles. The molecule has 0 saturated heterocycles. The highest BCUT2D eigenvalue weighted by atomic mass is 19.1. The van der Waals surface area contributed by atoms with Gasteiger partial charge in [0.25, 0.3) is 5.91 Å². The molecule has 2 atom stereocenters. The molecule has 0 heterocycles. The van der Waals surface area contributed by atoms with E-state index >= 15 is 0 Å². The van der Waals surface area contributed by atoms with Crippen LogP contribution in [0.2, 0.25) is 0 Å². The second kappa shape index (κ2) is 10.3. The number of methoxy groups -OCH3 is 1. The average Bonchev–Trinajstić information content (AvgIpc) is 2.62. The first-order valence-electron chi connectivity index (χ1n) is 7.78. The van der Waals surface area contributed by atoms with Crippen LogP contribution in [0.25, 0.3) is 0 Å². The Morgan fingerprint density at radius 1 is 1.16 bits per heavy atom. The Morgan fingerprint density at radius 2 is 1.80 bits per heavy atom. The summed E-state index contributed by atoms with van der Waals surface area (Å²) in [6, 6.07) is 4.30. The van der Waals surface area contributed by atoms with Crippen molar-refractivity contribution in [2.75, 3.05) is 20.3 Å². The number of rotatable bonds is 9. The van der Waals surface area contributed by atoms with Gasteiger partial charge in [0.15, 0.2) is 13.2 Å². The quantitative estimate of drug-likeness (QED) is 0.674. The lowest BCUT2D eigenvalue weighted by molar-refractivity contribution is -0.152. The third-order valence-corrected chi connectivity index (χ3v) is 3.52. The largest absolute Gasteiger partial charge is 0.482 e. The van der Waals surface area contributed by atoms with Crippen molar-refractivity contribution < 1.29 is 33.0 Å². The van der Waals surface area contributed by atoms with Crippen LogP contribution in [0.5, 0.6) is 5.75 Å². The summed E-state index contributed by atoms with van der Waals surface area (Å²) in [7, 11) is 1.23. The van der Waals surface area contributed by atoms with E-state index in [-0.39, 0.29) is 5.92 Å². The summed E-state index contributed by atoms with van der Waals surface area (Å²) in [5.41, 5.74) is 0. The number of carbonyl (C=O) groups is 3. The number of nitrogens with one attached hydrogen (secondary N) is 1. The molecule has 25 heavy (non-hydrogen) atoms. The highest BCUT2D eigenvalue weighted by Crippen LogP contribution is 2.11. The summed E-state index contributed by atoms with van der Waals surface area (Å²) in [4.78, 5) is 35.1. The lowest BCUT2D eigenvalue weighted by Crippen LogP contribution is -2.47. The van der Waals surface area contributed by atoms with Crippen molar-refractivity contribution >= 4 is 17.8 Å². The van der Waals surface area contributed by atoms with E-state index in [0.717, 1.165) is 0 Å². The zero-order valence-electron chi connectivity index (χ0n) is 14.4. The van der Waals surface area contributed by atoms with Crippen molar-refractivity contribution in [1.29, 1.82) is 0 Å². The highest BCUT2D eigenvalue weighted by molar-refractivity contribution is 5.86. The number of benzene rings is 1. The molecule has 138 valence electrons. The minimum absolute atomic E-state index is 0.131. The van der Waals surface area contributed by atoms with E-state index in [1.165, 1.54) is 31.4 Å². The minimum Gasteiger partial charge on any atom is -0.482 e. The van der Waals surface area contributed by atoms with Crippen molar-refractivity contribution in [2.24, 2.45) is 5.92 Å². The lowest BCUT2D eigenvalue weighted by Gasteiger charge is -2.21. The van der Waals surface area contributed by atoms with Crippen LogP contribution in [0, 0.1) is 11.7 Å². The number of hydrogen-bond acceptors (Lipinski definition) is 6. The number of esters is 2. The van der Waals surface area contributed by atoms with Gasteiger partial charge in [0.05, 0.1) is 7.11 Å². The molecule has 0 aliphatic heterocycles. The summed E-state index contributed by atoms with van der Waals surface area (Å²) in [5, 5.41) is 2.48. The summed E-state index contributed by atoms with van der Waals surface area (Å²) < 4.78 is 27.3. The highest BCUT2D eigenvalue weighted by Gasteiger charge is 2.26. The molecule has 1 N–H and O–H groups in total. The van der Waals surface area contributed by atoms with Crippen LogP contribution in [-0.2, 0) is 23.9 Å². The molecule has 0 aliphatic carbocycles. The summed E-state index contributed by atoms with van der Waals surface area (Å²) in [6.45, 7) is 2.70. The molecule has 8 heteroatoms. The molecule has 1 aromatic carbocycles. The van der Waals surface area contributed by atoms with Crippen molar-refractivity contribution in [2.45, 2.75) is 26.3 Å². The average molecular weight is 355 g/mol. The predicted molar refractivity (Wildman–Crippen MR) is 86.3 cm³/mol. The minimum atomic E-state index is -0.809. The third-order valence-electron chi connectivity index (χ3n) is 3.52. The van der Waals surface area contributed by atoms with E-state index in [2.05, 4.69) is 10.1 Å². The van der Waals surface area contributed by atoms with Gasteiger partial charge in [0.1, 0.15) is 17.6 Å². The molecular formula is C17H22FNO6. The van der Waals surface area contributed by atoms with Gasteiger partial charge in [-0.15, -0.1) is 0 Å². The van der Waals surface area contributed by atoms with E-state index in [4.69, 9.17) is 9.47 Å². The second-order valence-corrected chi connectivity index (χ2v) is 5.36. The van der Waals surface area contributed by atoms with Gasteiger partial charge >= 0.3 is 11.9 Å². The normalized spacial score (nSPS) is 12.6. The molecule has 0 unspecified atom stereocenters. The van der Waals surface area contributed by atoms with Gasteiger partial charge < -0.3 is 19.5 Å². The van der Waals surface area contributed by atoms with Crippen LogP contribution in [0.4, 0.5) is 4.39 Å². The maximum Gasteiger partial charge on any atom is 0.344 e. The zero-order valence-corrected chi connectivity index (χ0v) is 14.4. The van der Waals surface area contributed by atoms with Gasteiger partial charge in [-0.2, -0.15) is 0 Å². The van der Waals surface area contributed by atoms with Gasteiger partial charge in [-0.3, -0.25) is 4.79 Å². The SMILES string of the molecule is CC[C@@H](C)[C@H](NC(=O)COC(=O)COc1ccc(F)cc1)C(=O)OC. The van der Waals surface area contributed by atoms with E-state index in [1.807, 2.05) is 6.92 Å². The first-order valence-corrected chi connectivity index (χ1v) is 7.78. The van der Waals surface area contributed by atoms with Crippen LogP contribution in [-0.4, -0.2) is 44.2 Å². The van der Waals surface area contributed by atoms with Gasteiger partial charge in [0, 0.05) is 0 Å². The number of amides is 1. The molecule has 0 bridgehead atoms.